The molecule has 0 aliphatic rings. The van der Waals surface area contributed by atoms with Gasteiger partial charge in [0.25, 0.3) is 5.91 Å². The van der Waals surface area contributed by atoms with E-state index in [0.29, 0.717) is 10.9 Å². The summed E-state index contributed by atoms with van der Waals surface area (Å²) in [5, 5.41) is 5.34. The van der Waals surface area contributed by atoms with E-state index in [1.807, 2.05) is 29.6 Å². The average Bonchev–Trinajstić information content (AvgIpc) is 3.10. The summed E-state index contributed by atoms with van der Waals surface area (Å²) in [5.74, 6) is 0.471. The lowest BCUT2D eigenvalue weighted by molar-refractivity contribution is -0.118. The molecule has 0 aliphatic carbocycles. The number of thiazole rings is 1. The molecular weight excluding hydrogens is 344 g/mol. The van der Waals surface area contributed by atoms with Gasteiger partial charge in [0.15, 0.2) is 11.7 Å². The second-order valence-electron chi connectivity index (χ2n) is 6.19. The van der Waals surface area contributed by atoms with Crippen LogP contribution in [0.1, 0.15) is 23.6 Å². The zero-order valence-corrected chi connectivity index (χ0v) is 16.0. The summed E-state index contributed by atoms with van der Waals surface area (Å²) in [6, 6.07) is 14.1. The zero-order valence-electron chi connectivity index (χ0n) is 15.2. The first kappa shape index (κ1) is 18.1. The lowest BCUT2D eigenvalue weighted by Gasteiger charge is -2.06. The molecule has 3 aromatic rings. The fourth-order valence-corrected chi connectivity index (χ4v) is 3.32. The molecule has 1 amide bonds. The van der Waals surface area contributed by atoms with Crippen molar-refractivity contribution >= 4 is 22.4 Å². The highest BCUT2D eigenvalue weighted by Crippen LogP contribution is 2.28. The molecule has 0 atom stereocenters. The third kappa shape index (κ3) is 4.49. The predicted molar refractivity (Wildman–Crippen MR) is 107 cm³/mol. The van der Waals surface area contributed by atoms with Crippen LogP contribution in [-0.2, 0) is 11.2 Å². The fraction of sp³-hybridized carbons (Fsp3) is 0.238. The van der Waals surface area contributed by atoms with Crippen molar-refractivity contribution < 1.29 is 9.53 Å². The molecule has 0 saturated heterocycles. The highest BCUT2D eigenvalue weighted by Gasteiger charge is 2.10. The maximum Gasteiger partial charge on any atom is 0.264 e. The molecule has 0 bridgehead atoms. The first-order chi connectivity index (χ1) is 12.5. The molecule has 0 unspecified atom stereocenters. The standard InChI is InChI=1S/C21H22N2O2S/c1-4-16-7-9-17(10-8-16)25-12-20(24)23-21-22-19(13-26-21)18-11-14(2)5-6-15(18)3/h5-11,13H,4,12H2,1-3H3,(H,22,23,24). The summed E-state index contributed by atoms with van der Waals surface area (Å²) in [7, 11) is 0. The van der Waals surface area contributed by atoms with E-state index < -0.39 is 0 Å². The molecule has 5 heteroatoms. The lowest BCUT2D eigenvalue weighted by Crippen LogP contribution is -2.20. The summed E-state index contributed by atoms with van der Waals surface area (Å²) < 4.78 is 5.53. The van der Waals surface area contributed by atoms with E-state index in [1.165, 1.54) is 22.5 Å². The van der Waals surface area contributed by atoms with Crippen LogP contribution in [-0.4, -0.2) is 17.5 Å². The number of hydrogen-bond acceptors (Lipinski definition) is 4. The first-order valence-corrected chi connectivity index (χ1v) is 9.48. The summed E-state index contributed by atoms with van der Waals surface area (Å²) in [6.45, 7) is 6.18. The van der Waals surface area contributed by atoms with Crippen molar-refractivity contribution in [2.75, 3.05) is 11.9 Å². The molecular formula is C21H22N2O2S. The average molecular weight is 366 g/mol. The Morgan fingerprint density at radius 1 is 1.15 bits per heavy atom. The fourth-order valence-electron chi connectivity index (χ4n) is 2.59. The van der Waals surface area contributed by atoms with Gasteiger partial charge in [-0.1, -0.05) is 36.8 Å². The van der Waals surface area contributed by atoms with Crippen molar-refractivity contribution in [1.82, 2.24) is 4.98 Å². The minimum atomic E-state index is -0.216. The van der Waals surface area contributed by atoms with Crippen LogP contribution in [0.15, 0.2) is 47.8 Å². The van der Waals surface area contributed by atoms with Crippen LogP contribution in [0.3, 0.4) is 0 Å². The van der Waals surface area contributed by atoms with Gasteiger partial charge in [0.05, 0.1) is 5.69 Å². The number of carbonyl (C=O) groups excluding carboxylic acids is 1. The zero-order chi connectivity index (χ0) is 18.5. The topological polar surface area (TPSA) is 51.2 Å². The largest absolute Gasteiger partial charge is 0.484 e. The Morgan fingerprint density at radius 3 is 2.65 bits per heavy atom. The van der Waals surface area contributed by atoms with Gasteiger partial charge in [-0.3, -0.25) is 10.1 Å². The number of nitrogens with one attached hydrogen (secondary N) is 1. The molecule has 0 radical (unpaired) electrons. The van der Waals surface area contributed by atoms with Gasteiger partial charge in [-0.15, -0.1) is 11.3 Å². The monoisotopic (exact) mass is 366 g/mol. The molecule has 2 aromatic carbocycles. The Hall–Kier alpha value is -2.66. The van der Waals surface area contributed by atoms with Crippen molar-refractivity contribution in [3.05, 3.63) is 64.5 Å². The van der Waals surface area contributed by atoms with E-state index in [1.54, 1.807) is 0 Å². The van der Waals surface area contributed by atoms with E-state index in [0.717, 1.165) is 23.2 Å². The molecule has 0 fully saturated rings. The van der Waals surface area contributed by atoms with Crippen LogP contribution in [0.4, 0.5) is 5.13 Å². The Morgan fingerprint density at radius 2 is 1.92 bits per heavy atom. The van der Waals surface area contributed by atoms with Gasteiger partial charge in [0.2, 0.25) is 0 Å². The summed E-state index contributed by atoms with van der Waals surface area (Å²) >= 11 is 1.42. The molecule has 26 heavy (non-hydrogen) atoms. The molecule has 3 rings (SSSR count). The Kier molecular flexibility index (Phi) is 5.68. The van der Waals surface area contributed by atoms with Crippen LogP contribution in [0.25, 0.3) is 11.3 Å². The SMILES string of the molecule is CCc1ccc(OCC(=O)Nc2nc(-c3cc(C)ccc3C)cs2)cc1. The number of aryl methyl sites for hydroxylation is 3. The summed E-state index contributed by atoms with van der Waals surface area (Å²) in [4.78, 5) is 16.6. The normalized spacial score (nSPS) is 10.6. The van der Waals surface area contributed by atoms with E-state index >= 15 is 0 Å². The number of amides is 1. The summed E-state index contributed by atoms with van der Waals surface area (Å²) in [5.41, 5.74) is 5.56. The molecule has 134 valence electrons. The maximum atomic E-state index is 12.1. The maximum absolute atomic E-state index is 12.1. The van der Waals surface area contributed by atoms with Crippen molar-refractivity contribution in [3.63, 3.8) is 0 Å². The Labute approximate surface area is 157 Å². The number of hydrogen-bond donors (Lipinski definition) is 1. The second-order valence-corrected chi connectivity index (χ2v) is 7.05. The van der Waals surface area contributed by atoms with E-state index in [9.17, 15) is 4.79 Å². The molecule has 0 aliphatic heterocycles. The van der Waals surface area contributed by atoms with Crippen molar-refractivity contribution in [3.8, 4) is 17.0 Å². The summed E-state index contributed by atoms with van der Waals surface area (Å²) in [6.07, 6.45) is 0.980. The van der Waals surface area contributed by atoms with Gasteiger partial charge in [0.1, 0.15) is 5.75 Å². The van der Waals surface area contributed by atoms with E-state index in [4.69, 9.17) is 4.74 Å². The quantitative estimate of drug-likeness (QED) is 0.667. The van der Waals surface area contributed by atoms with Gasteiger partial charge in [0, 0.05) is 10.9 Å². The first-order valence-electron chi connectivity index (χ1n) is 8.60. The van der Waals surface area contributed by atoms with Gasteiger partial charge in [-0.05, 0) is 49.6 Å². The van der Waals surface area contributed by atoms with E-state index in [2.05, 4.69) is 49.3 Å². The third-order valence-electron chi connectivity index (χ3n) is 4.12. The minimum Gasteiger partial charge on any atom is -0.484 e. The van der Waals surface area contributed by atoms with Gasteiger partial charge in [-0.2, -0.15) is 0 Å². The molecule has 4 nitrogen and oxygen atoms in total. The van der Waals surface area contributed by atoms with Crippen LogP contribution in [0.5, 0.6) is 5.75 Å². The second kappa shape index (κ2) is 8.15. The van der Waals surface area contributed by atoms with Crippen molar-refractivity contribution in [1.29, 1.82) is 0 Å². The van der Waals surface area contributed by atoms with Crippen LogP contribution in [0, 0.1) is 13.8 Å². The Balaban J connectivity index is 1.59. The number of carbonyl (C=O) groups is 1. The number of aromatic nitrogens is 1. The highest BCUT2D eigenvalue weighted by molar-refractivity contribution is 7.14. The third-order valence-corrected chi connectivity index (χ3v) is 4.88. The number of rotatable bonds is 6. The smallest absolute Gasteiger partial charge is 0.264 e. The van der Waals surface area contributed by atoms with Gasteiger partial charge in [-0.25, -0.2) is 4.98 Å². The lowest BCUT2D eigenvalue weighted by atomic mass is 10.0. The van der Waals surface area contributed by atoms with Crippen LogP contribution < -0.4 is 10.1 Å². The van der Waals surface area contributed by atoms with E-state index in [-0.39, 0.29) is 12.5 Å². The Bertz CT molecular complexity index is 901. The van der Waals surface area contributed by atoms with Gasteiger partial charge < -0.3 is 4.74 Å². The number of anilines is 1. The van der Waals surface area contributed by atoms with Crippen LogP contribution in [0.2, 0.25) is 0 Å². The molecule has 1 aromatic heterocycles. The molecule has 0 spiro atoms. The van der Waals surface area contributed by atoms with Gasteiger partial charge >= 0.3 is 0 Å². The van der Waals surface area contributed by atoms with Crippen molar-refractivity contribution in [2.24, 2.45) is 0 Å². The highest BCUT2D eigenvalue weighted by atomic mass is 32.1. The minimum absolute atomic E-state index is 0.0378. The van der Waals surface area contributed by atoms with Crippen molar-refractivity contribution in [2.45, 2.75) is 27.2 Å². The molecule has 0 saturated carbocycles. The molecule has 1 heterocycles. The number of ether oxygens (including phenoxy) is 1. The number of benzene rings is 2. The van der Waals surface area contributed by atoms with Crippen LogP contribution >= 0.6 is 11.3 Å². The predicted octanol–water partition coefficient (Wildman–Crippen LogP) is 5.01. The molecule has 1 N–H and O–H groups in total. The number of nitrogens with zero attached hydrogens (tertiary/aromatic N) is 1.